The maximum Gasteiger partial charge on any atom is 0.324 e. The Morgan fingerprint density at radius 1 is 1.29 bits per heavy atom. The van der Waals surface area contributed by atoms with Crippen LogP contribution in [0.2, 0.25) is 0 Å². The summed E-state index contributed by atoms with van der Waals surface area (Å²) in [7, 11) is 0. The molecule has 14 heavy (non-hydrogen) atoms. The van der Waals surface area contributed by atoms with E-state index in [1.165, 1.54) is 12.1 Å². The summed E-state index contributed by atoms with van der Waals surface area (Å²) in [5.74, 6) is -4.05. The molecule has 0 nitrogen and oxygen atoms in total. The highest BCUT2D eigenvalue weighted by Crippen LogP contribution is 2.45. The van der Waals surface area contributed by atoms with Crippen LogP contribution in [0.15, 0.2) is 15.9 Å². The van der Waals surface area contributed by atoms with E-state index < -0.39 is 17.2 Å². The monoisotopic (exact) mass is 354 g/mol. The smallest absolute Gasteiger partial charge is 0.204 e. The second-order valence-electron chi connectivity index (χ2n) is 2.48. The standard InChI is InChI=1S/C7H4Br2F4S/c8-4-2-1-3(14-4)5(9)7(12,13)6(10)11/h1-2,5-6H. The van der Waals surface area contributed by atoms with Crippen molar-refractivity contribution in [1.29, 1.82) is 0 Å². The van der Waals surface area contributed by atoms with Gasteiger partial charge in [-0.1, -0.05) is 15.9 Å². The third kappa shape index (κ3) is 2.49. The van der Waals surface area contributed by atoms with Crippen molar-refractivity contribution in [3.05, 3.63) is 20.8 Å². The Morgan fingerprint density at radius 3 is 2.21 bits per heavy atom. The van der Waals surface area contributed by atoms with Gasteiger partial charge in [0, 0.05) is 4.88 Å². The van der Waals surface area contributed by atoms with E-state index in [4.69, 9.17) is 0 Å². The highest BCUT2D eigenvalue weighted by Gasteiger charge is 2.48. The lowest BCUT2D eigenvalue weighted by Gasteiger charge is -2.19. The Balaban J connectivity index is 2.89. The van der Waals surface area contributed by atoms with Crippen molar-refractivity contribution in [2.45, 2.75) is 17.2 Å². The first-order valence-electron chi connectivity index (χ1n) is 3.41. The number of hydrogen-bond donors (Lipinski definition) is 0. The topological polar surface area (TPSA) is 0 Å². The molecular formula is C7H4Br2F4S. The maximum atomic E-state index is 12.8. The lowest BCUT2D eigenvalue weighted by atomic mass is 10.2. The predicted molar refractivity (Wildman–Crippen MR) is 54.6 cm³/mol. The van der Waals surface area contributed by atoms with Crippen LogP contribution in [0.4, 0.5) is 17.6 Å². The normalized spacial score (nSPS) is 14.8. The summed E-state index contributed by atoms with van der Waals surface area (Å²) in [4.78, 5) is -1.48. The van der Waals surface area contributed by atoms with Crippen LogP contribution in [0.1, 0.15) is 9.70 Å². The lowest BCUT2D eigenvalue weighted by molar-refractivity contribution is -0.127. The molecule has 1 unspecified atom stereocenters. The Hall–Kier alpha value is 0.380. The van der Waals surface area contributed by atoms with Crippen LogP contribution in [0.25, 0.3) is 0 Å². The summed E-state index contributed by atoms with van der Waals surface area (Å²) >= 11 is 6.65. The van der Waals surface area contributed by atoms with Crippen LogP contribution < -0.4 is 0 Å². The lowest BCUT2D eigenvalue weighted by Crippen LogP contribution is -2.30. The third-order valence-corrected chi connectivity index (χ3v) is 4.57. The first-order chi connectivity index (χ1) is 6.35. The fourth-order valence-corrected chi connectivity index (χ4v) is 2.85. The largest absolute Gasteiger partial charge is 0.324 e. The number of hydrogen-bond acceptors (Lipinski definition) is 1. The van der Waals surface area contributed by atoms with Crippen molar-refractivity contribution in [1.82, 2.24) is 0 Å². The van der Waals surface area contributed by atoms with Gasteiger partial charge in [0.2, 0.25) is 0 Å². The molecule has 0 bridgehead atoms. The molecule has 0 saturated carbocycles. The molecule has 0 aliphatic carbocycles. The molecular weight excluding hydrogens is 352 g/mol. The minimum Gasteiger partial charge on any atom is -0.204 e. The highest BCUT2D eigenvalue weighted by molar-refractivity contribution is 9.11. The Morgan fingerprint density at radius 2 is 1.86 bits per heavy atom. The molecule has 0 radical (unpaired) electrons. The number of alkyl halides is 5. The van der Waals surface area contributed by atoms with Crippen LogP contribution in [0, 0.1) is 0 Å². The second-order valence-corrected chi connectivity index (χ2v) is 5.89. The quantitative estimate of drug-likeness (QED) is 0.537. The molecule has 1 aromatic rings. The fourth-order valence-electron chi connectivity index (χ4n) is 0.765. The zero-order chi connectivity index (χ0) is 10.9. The summed E-state index contributed by atoms with van der Waals surface area (Å²) in [6.45, 7) is 0. The summed E-state index contributed by atoms with van der Waals surface area (Å²) in [6, 6.07) is 2.92. The summed E-state index contributed by atoms with van der Waals surface area (Å²) < 4.78 is 50.2. The molecule has 80 valence electrons. The number of halogens is 6. The van der Waals surface area contributed by atoms with Gasteiger partial charge in [-0.2, -0.15) is 8.78 Å². The average Bonchev–Trinajstić information content (AvgIpc) is 2.50. The first-order valence-corrected chi connectivity index (χ1v) is 5.93. The summed E-state index contributed by atoms with van der Waals surface area (Å²) in [6.07, 6.45) is -3.67. The third-order valence-electron chi connectivity index (χ3n) is 1.47. The first kappa shape index (κ1) is 12.4. The Labute approximate surface area is 98.6 Å². The average molecular weight is 356 g/mol. The molecule has 0 fully saturated rings. The second kappa shape index (κ2) is 4.49. The van der Waals surface area contributed by atoms with Crippen molar-refractivity contribution in [3.63, 3.8) is 0 Å². The van der Waals surface area contributed by atoms with Crippen molar-refractivity contribution in [2.75, 3.05) is 0 Å². The molecule has 1 heterocycles. The number of thiophene rings is 1. The van der Waals surface area contributed by atoms with E-state index in [1.54, 1.807) is 0 Å². The van der Waals surface area contributed by atoms with E-state index >= 15 is 0 Å². The van der Waals surface area contributed by atoms with Crippen molar-refractivity contribution in [3.8, 4) is 0 Å². The van der Waals surface area contributed by atoms with Crippen LogP contribution >= 0.6 is 43.2 Å². The van der Waals surface area contributed by atoms with E-state index in [0.717, 1.165) is 11.3 Å². The number of rotatable bonds is 3. The zero-order valence-corrected chi connectivity index (χ0v) is 10.5. The van der Waals surface area contributed by atoms with Gasteiger partial charge < -0.3 is 0 Å². The maximum absolute atomic E-state index is 12.8. The molecule has 0 aromatic carbocycles. The summed E-state index contributed by atoms with van der Waals surface area (Å²) in [5.41, 5.74) is 0. The molecule has 0 aliphatic heterocycles. The van der Waals surface area contributed by atoms with Crippen molar-refractivity contribution >= 4 is 43.2 Å². The van der Waals surface area contributed by atoms with E-state index in [2.05, 4.69) is 31.9 Å². The zero-order valence-electron chi connectivity index (χ0n) is 6.49. The van der Waals surface area contributed by atoms with Crippen molar-refractivity contribution < 1.29 is 17.6 Å². The SMILES string of the molecule is FC(F)C(F)(F)C(Br)c1ccc(Br)s1. The minimum absolute atomic E-state index is 0.169. The van der Waals surface area contributed by atoms with Crippen LogP contribution in [0.5, 0.6) is 0 Å². The Kier molecular flexibility index (Phi) is 3.99. The fraction of sp³-hybridized carbons (Fsp3) is 0.429. The van der Waals surface area contributed by atoms with E-state index in [-0.39, 0.29) is 4.88 Å². The molecule has 0 spiro atoms. The molecule has 0 aliphatic rings. The predicted octanol–water partition coefficient (Wildman–Crippen LogP) is 4.85. The van der Waals surface area contributed by atoms with E-state index in [0.29, 0.717) is 3.79 Å². The minimum atomic E-state index is -4.05. The van der Waals surface area contributed by atoms with Gasteiger partial charge in [0.25, 0.3) is 0 Å². The van der Waals surface area contributed by atoms with Gasteiger partial charge in [-0.25, -0.2) is 8.78 Å². The molecule has 1 atom stereocenters. The van der Waals surface area contributed by atoms with Gasteiger partial charge in [0.1, 0.15) is 4.83 Å². The highest BCUT2D eigenvalue weighted by atomic mass is 79.9. The molecule has 1 aromatic heterocycles. The van der Waals surface area contributed by atoms with Crippen LogP contribution in [-0.4, -0.2) is 12.3 Å². The van der Waals surface area contributed by atoms with Gasteiger partial charge in [0.05, 0.1) is 3.79 Å². The van der Waals surface area contributed by atoms with Gasteiger partial charge in [0.15, 0.2) is 0 Å². The van der Waals surface area contributed by atoms with Gasteiger partial charge in [-0.05, 0) is 28.1 Å². The molecule has 0 N–H and O–H groups in total. The van der Waals surface area contributed by atoms with Crippen LogP contribution in [0.3, 0.4) is 0 Å². The molecule has 7 heteroatoms. The van der Waals surface area contributed by atoms with E-state index in [1.807, 2.05) is 0 Å². The Bertz CT molecular complexity index is 312. The van der Waals surface area contributed by atoms with Gasteiger partial charge >= 0.3 is 12.3 Å². The van der Waals surface area contributed by atoms with Gasteiger partial charge in [-0.3, -0.25) is 0 Å². The summed E-state index contributed by atoms with van der Waals surface area (Å²) in [5, 5.41) is 0. The molecule has 0 saturated heterocycles. The van der Waals surface area contributed by atoms with Crippen LogP contribution in [-0.2, 0) is 0 Å². The van der Waals surface area contributed by atoms with Gasteiger partial charge in [-0.15, -0.1) is 11.3 Å². The van der Waals surface area contributed by atoms with E-state index in [9.17, 15) is 17.6 Å². The molecule has 0 amide bonds. The molecule has 1 rings (SSSR count). The van der Waals surface area contributed by atoms with Crippen molar-refractivity contribution in [2.24, 2.45) is 0 Å².